The third kappa shape index (κ3) is 7.14. The van der Waals surface area contributed by atoms with E-state index in [0.717, 1.165) is 38.6 Å². The maximum absolute atomic E-state index is 4.64. The van der Waals surface area contributed by atoms with Gasteiger partial charge < -0.3 is 15.5 Å². The van der Waals surface area contributed by atoms with Crippen molar-refractivity contribution in [3.8, 4) is 0 Å². The fraction of sp³-hybridized carbons (Fsp3) is 0.588. The summed E-state index contributed by atoms with van der Waals surface area (Å²) in [5.74, 6) is 0.899. The lowest BCUT2D eigenvalue weighted by atomic mass is 10.1. The van der Waals surface area contributed by atoms with Crippen LogP contribution < -0.4 is 10.6 Å². The Kier molecular flexibility index (Phi) is 8.51. The van der Waals surface area contributed by atoms with Crippen LogP contribution in [0.2, 0.25) is 0 Å². The summed E-state index contributed by atoms with van der Waals surface area (Å²) in [4.78, 5) is 6.94. The van der Waals surface area contributed by atoms with Gasteiger partial charge in [-0.3, -0.25) is 0 Å². The molecular formula is C17H30N4. The van der Waals surface area contributed by atoms with Gasteiger partial charge in [-0.05, 0) is 38.1 Å². The van der Waals surface area contributed by atoms with Crippen molar-refractivity contribution in [2.24, 2.45) is 4.99 Å². The van der Waals surface area contributed by atoms with Gasteiger partial charge in [-0.2, -0.15) is 0 Å². The van der Waals surface area contributed by atoms with Crippen molar-refractivity contribution in [2.75, 3.05) is 26.7 Å². The summed E-state index contributed by atoms with van der Waals surface area (Å²) in [7, 11) is 2.14. The SMILES string of the molecule is CCCNC(=NCc1cccc(CN(C)CC)c1)NCC. The molecule has 21 heavy (non-hydrogen) atoms. The number of nitrogens with zero attached hydrogens (tertiary/aromatic N) is 2. The van der Waals surface area contributed by atoms with Gasteiger partial charge in [-0.1, -0.05) is 38.1 Å². The molecule has 0 aliphatic rings. The first kappa shape index (κ1) is 17.5. The zero-order chi connectivity index (χ0) is 15.5. The van der Waals surface area contributed by atoms with Crippen LogP contribution in [0.15, 0.2) is 29.3 Å². The number of benzene rings is 1. The normalized spacial score (nSPS) is 11.8. The zero-order valence-corrected chi connectivity index (χ0v) is 13.9. The summed E-state index contributed by atoms with van der Waals surface area (Å²) in [5, 5.41) is 6.60. The molecule has 4 nitrogen and oxygen atoms in total. The molecule has 0 aliphatic carbocycles. The maximum atomic E-state index is 4.64. The minimum atomic E-state index is 0.711. The van der Waals surface area contributed by atoms with Gasteiger partial charge in [0.25, 0.3) is 0 Å². The predicted molar refractivity (Wildman–Crippen MR) is 91.6 cm³/mol. The summed E-state index contributed by atoms with van der Waals surface area (Å²) in [6.07, 6.45) is 1.10. The second-order valence-corrected chi connectivity index (χ2v) is 5.27. The molecular weight excluding hydrogens is 260 g/mol. The molecule has 0 unspecified atom stereocenters. The molecule has 118 valence electrons. The number of aliphatic imine (C=N–C) groups is 1. The molecule has 0 heterocycles. The molecule has 4 heteroatoms. The molecule has 1 rings (SSSR count). The fourth-order valence-electron chi connectivity index (χ4n) is 2.01. The van der Waals surface area contributed by atoms with Crippen LogP contribution in [0.4, 0.5) is 0 Å². The number of nitrogens with one attached hydrogen (secondary N) is 2. The molecule has 0 atom stereocenters. The van der Waals surface area contributed by atoms with Crippen LogP contribution in [0.3, 0.4) is 0 Å². The van der Waals surface area contributed by atoms with E-state index in [1.165, 1.54) is 11.1 Å². The second-order valence-electron chi connectivity index (χ2n) is 5.27. The fourth-order valence-corrected chi connectivity index (χ4v) is 2.01. The van der Waals surface area contributed by atoms with Gasteiger partial charge in [0, 0.05) is 19.6 Å². The molecule has 0 amide bonds. The van der Waals surface area contributed by atoms with Crippen LogP contribution >= 0.6 is 0 Å². The van der Waals surface area contributed by atoms with Crippen molar-refractivity contribution >= 4 is 5.96 Å². The maximum Gasteiger partial charge on any atom is 0.191 e. The van der Waals surface area contributed by atoms with Gasteiger partial charge in [-0.25, -0.2) is 4.99 Å². The van der Waals surface area contributed by atoms with E-state index < -0.39 is 0 Å². The van der Waals surface area contributed by atoms with Gasteiger partial charge >= 0.3 is 0 Å². The van der Waals surface area contributed by atoms with E-state index in [2.05, 4.69) is 72.6 Å². The first-order valence-electron chi connectivity index (χ1n) is 7.98. The van der Waals surface area contributed by atoms with Gasteiger partial charge in [0.15, 0.2) is 5.96 Å². The Balaban J connectivity index is 2.65. The Morgan fingerprint density at radius 2 is 1.90 bits per heavy atom. The van der Waals surface area contributed by atoms with E-state index >= 15 is 0 Å². The van der Waals surface area contributed by atoms with E-state index in [1.54, 1.807) is 0 Å². The Morgan fingerprint density at radius 3 is 2.57 bits per heavy atom. The highest BCUT2D eigenvalue weighted by Crippen LogP contribution is 2.08. The zero-order valence-electron chi connectivity index (χ0n) is 13.9. The molecule has 0 aromatic heterocycles. The largest absolute Gasteiger partial charge is 0.357 e. The lowest BCUT2D eigenvalue weighted by molar-refractivity contribution is 0.345. The third-order valence-electron chi connectivity index (χ3n) is 3.29. The third-order valence-corrected chi connectivity index (χ3v) is 3.29. The number of hydrogen-bond donors (Lipinski definition) is 2. The highest BCUT2D eigenvalue weighted by atomic mass is 15.2. The van der Waals surface area contributed by atoms with Gasteiger partial charge in [0.1, 0.15) is 0 Å². The lowest BCUT2D eigenvalue weighted by Crippen LogP contribution is -2.37. The smallest absolute Gasteiger partial charge is 0.191 e. The van der Waals surface area contributed by atoms with Crippen LogP contribution in [0.5, 0.6) is 0 Å². The van der Waals surface area contributed by atoms with Gasteiger partial charge in [0.05, 0.1) is 6.54 Å². The highest BCUT2D eigenvalue weighted by Gasteiger charge is 2.00. The van der Waals surface area contributed by atoms with Crippen molar-refractivity contribution in [1.82, 2.24) is 15.5 Å². The summed E-state index contributed by atoms with van der Waals surface area (Å²) in [6.45, 7) is 11.0. The van der Waals surface area contributed by atoms with Crippen molar-refractivity contribution in [1.29, 1.82) is 0 Å². The van der Waals surface area contributed by atoms with Gasteiger partial charge in [0.2, 0.25) is 0 Å². The standard InChI is InChI=1S/C17H30N4/c1-5-11-19-17(18-6-2)20-13-15-9-8-10-16(12-15)14-21(4)7-3/h8-10,12H,5-7,11,13-14H2,1-4H3,(H2,18,19,20). The minimum Gasteiger partial charge on any atom is -0.357 e. The topological polar surface area (TPSA) is 39.7 Å². The molecule has 2 N–H and O–H groups in total. The van der Waals surface area contributed by atoms with E-state index in [1.807, 2.05) is 0 Å². The number of guanidine groups is 1. The van der Waals surface area contributed by atoms with Crippen molar-refractivity contribution in [3.05, 3.63) is 35.4 Å². The predicted octanol–water partition coefficient (Wildman–Crippen LogP) is 2.60. The van der Waals surface area contributed by atoms with E-state index in [0.29, 0.717) is 6.54 Å². The molecule has 1 aromatic carbocycles. The van der Waals surface area contributed by atoms with Gasteiger partial charge in [-0.15, -0.1) is 0 Å². The average molecular weight is 290 g/mol. The summed E-state index contributed by atoms with van der Waals surface area (Å²) >= 11 is 0. The molecule has 0 bridgehead atoms. The molecule has 1 aromatic rings. The van der Waals surface area contributed by atoms with Crippen LogP contribution in [-0.4, -0.2) is 37.5 Å². The first-order chi connectivity index (χ1) is 10.2. The lowest BCUT2D eigenvalue weighted by Gasteiger charge is -2.14. The quantitative estimate of drug-likeness (QED) is 0.571. The molecule has 0 saturated carbocycles. The summed E-state index contributed by atoms with van der Waals surface area (Å²) in [6, 6.07) is 8.69. The molecule has 0 saturated heterocycles. The molecule has 0 aliphatic heterocycles. The Morgan fingerprint density at radius 1 is 1.14 bits per heavy atom. The Labute approximate surface area is 129 Å². The highest BCUT2D eigenvalue weighted by molar-refractivity contribution is 5.79. The van der Waals surface area contributed by atoms with Crippen molar-refractivity contribution in [2.45, 2.75) is 40.3 Å². The summed E-state index contributed by atoms with van der Waals surface area (Å²) in [5.41, 5.74) is 2.60. The van der Waals surface area contributed by atoms with Crippen molar-refractivity contribution in [3.63, 3.8) is 0 Å². The van der Waals surface area contributed by atoms with E-state index in [9.17, 15) is 0 Å². The van der Waals surface area contributed by atoms with Crippen molar-refractivity contribution < 1.29 is 0 Å². The van der Waals surface area contributed by atoms with Crippen LogP contribution in [-0.2, 0) is 13.1 Å². The molecule has 0 spiro atoms. The van der Waals surface area contributed by atoms with Crippen LogP contribution in [0, 0.1) is 0 Å². The Hall–Kier alpha value is -1.55. The average Bonchev–Trinajstić information content (AvgIpc) is 2.50. The van der Waals surface area contributed by atoms with E-state index in [4.69, 9.17) is 0 Å². The summed E-state index contributed by atoms with van der Waals surface area (Å²) < 4.78 is 0. The second kappa shape index (κ2) is 10.2. The number of rotatable bonds is 8. The van der Waals surface area contributed by atoms with Crippen LogP contribution in [0.25, 0.3) is 0 Å². The van der Waals surface area contributed by atoms with Crippen LogP contribution in [0.1, 0.15) is 38.3 Å². The molecule has 0 fully saturated rings. The first-order valence-corrected chi connectivity index (χ1v) is 7.98. The minimum absolute atomic E-state index is 0.711. The number of hydrogen-bond acceptors (Lipinski definition) is 2. The van der Waals surface area contributed by atoms with E-state index in [-0.39, 0.29) is 0 Å². The monoisotopic (exact) mass is 290 g/mol. The Bertz CT molecular complexity index is 429. The molecule has 0 radical (unpaired) electrons.